The fraction of sp³-hybridized carbons (Fsp3) is 0.400. The molecule has 0 aromatic heterocycles. The molecule has 0 saturated heterocycles. The van der Waals surface area contributed by atoms with Crippen molar-refractivity contribution in [1.82, 2.24) is 5.32 Å². The van der Waals surface area contributed by atoms with E-state index in [1.165, 1.54) is 6.07 Å². The number of benzene rings is 1. The number of aliphatic hydroxyl groups is 1. The normalized spacial score (nSPS) is 12.9. The van der Waals surface area contributed by atoms with Crippen molar-refractivity contribution >= 4 is 12.0 Å². The standard InChI is InChI=1S/C15H20FNO2/c1-11(2)14(18)10-17-15(19)9-5-7-12-6-3-4-8-13(12)16/h3-8,11,14,18H,9-10H2,1-2H3,(H,17,19)/b7-5+. The molecule has 0 heterocycles. The molecule has 0 aliphatic rings. The zero-order valence-electron chi connectivity index (χ0n) is 11.3. The van der Waals surface area contributed by atoms with Gasteiger partial charge in [0.2, 0.25) is 5.91 Å². The summed E-state index contributed by atoms with van der Waals surface area (Å²) in [6.45, 7) is 4.01. The number of hydrogen-bond donors (Lipinski definition) is 2. The Hall–Kier alpha value is -1.68. The maximum atomic E-state index is 13.3. The number of hydrogen-bond acceptors (Lipinski definition) is 2. The van der Waals surface area contributed by atoms with Crippen LogP contribution >= 0.6 is 0 Å². The van der Waals surface area contributed by atoms with Gasteiger partial charge >= 0.3 is 0 Å². The Morgan fingerprint density at radius 3 is 2.74 bits per heavy atom. The minimum absolute atomic E-state index is 0.106. The second-order valence-corrected chi connectivity index (χ2v) is 4.74. The molecule has 1 unspecified atom stereocenters. The van der Waals surface area contributed by atoms with Gasteiger partial charge in [0.1, 0.15) is 5.82 Å². The van der Waals surface area contributed by atoms with Gasteiger partial charge in [0.05, 0.1) is 6.10 Å². The largest absolute Gasteiger partial charge is 0.391 e. The Morgan fingerprint density at radius 1 is 1.42 bits per heavy atom. The van der Waals surface area contributed by atoms with E-state index in [2.05, 4.69) is 5.32 Å². The van der Waals surface area contributed by atoms with Gasteiger partial charge in [-0.05, 0) is 12.0 Å². The molecule has 1 aromatic carbocycles. The summed E-state index contributed by atoms with van der Waals surface area (Å²) >= 11 is 0. The van der Waals surface area contributed by atoms with Crippen LogP contribution in [0.15, 0.2) is 30.3 Å². The van der Waals surface area contributed by atoms with E-state index in [1.807, 2.05) is 13.8 Å². The molecule has 1 atom stereocenters. The minimum atomic E-state index is -0.542. The molecular weight excluding hydrogens is 245 g/mol. The highest BCUT2D eigenvalue weighted by Gasteiger charge is 2.09. The molecule has 0 fully saturated rings. The van der Waals surface area contributed by atoms with Gasteiger partial charge in [0.25, 0.3) is 0 Å². The van der Waals surface area contributed by atoms with E-state index < -0.39 is 6.10 Å². The number of aliphatic hydroxyl groups excluding tert-OH is 1. The van der Waals surface area contributed by atoms with E-state index in [0.29, 0.717) is 5.56 Å². The lowest BCUT2D eigenvalue weighted by Crippen LogP contribution is -2.34. The van der Waals surface area contributed by atoms with Crippen LogP contribution in [0.1, 0.15) is 25.8 Å². The average Bonchev–Trinajstić information content (AvgIpc) is 2.38. The van der Waals surface area contributed by atoms with Gasteiger partial charge in [-0.15, -0.1) is 0 Å². The van der Waals surface area contributed by atoms with Crippen LogP contribution in [-0.2, 0) is 4.79 Å². The number of nitrogens with one attached hydrogen (secondary N) is 1. The average molecular weight is 265 g/mol. The molecule has 0 spiro atoms. The van der Waals surface area contributed by atoms with Crippen molar-refractivity contribution in [1.29, 1.82) is 0 Å². The molecule has 0 saturated carbocycles. The van der Waals surface area contributed by atoms with E-state index in [0.717, 1.165) is 0 Å². The van der Waals surface area contributed by atoms with Gasteiger partial charge in [0.15, 0.2) is 0 Å². The van der Waals surface area contributed by atoms with Crippen molar-refractivity contribution < 1.29 is 14.3 Å². The molecule has 0 aliphatic carbocycles. The summed E-state index contributed by atoms with van der Waals surface area (Å²) < 4.78 is 13.3. The van der Waals surface area contributed by atoms with Gasteiger partial charge in [0, 0.05) is 18.5 Å². The molecule has 3 nitrogen and oxygen atoms in total. The highest BCUT2D eigenvalue weighted by atomic mass is 19.1. The van der Waals surface area contributed by atoms with Crippen LogP contribution in [0.3, 0.4) is 0 Å². The Labute approximate surface area is 113 Å². The van der Waals surface area contributed by atoms with Crippen molar-refractivity contribution in [2.24, 2.45) is 5.92 Å². The third kappa shape index (κ3) is 5.66. The Morgan fingerprint density at radius 2 is 2.11 bits per heavy atom. The van der Waals surface area contributed by atoms with E-state index in [1.54, 1.807) is 30.4 Å². The molecule has 1 aromatic rings. The smallest absolute Gasteiger partial charge is 0.223 e. The van der Waals surface area contributed by atoms with E-state index in [9.17, 15) is 14.3 Å². The van der Waals surface area contributed by atoms with Crippen molar-refractivity contribution in [2.75, 3.05) is 6.54 Å². The second-order valence-electron chi connectivity index (χ2n) is 4.74. The topological polar surface area (TPSA) is 49.3 Å². The summed E-state index contributed by atoms with van der Waals surface area (Å²) in [5.74, 6) is -0.393. The van der Waals surface area contributed by atoms with Crippen LogP contribution in [0, 0.1) is 11.7 Å². The predicted octanol–water partition coefficient (Wildman–Crippen LogP) is 2.36. The van der Waals surface area contributed by atoms with Gasteiger partial charge in [-0.1, -0.05) is 44.2 Å². The van der Waals surface area contributed by atoms with Crippen molar-refractivity contribution in [3.63, 3.8) is 0 Å². The molecule has 104 valence electrons. The van der Waals surface area contributed by atoms with Crippen LogP contribution in [0.25, 0.3) is 6.08 Å². The molecule has 0 bridgehead atoms. The first kappa shape index (κ1) is 15.4. The van der Waals surface area contributed by atoms with E-state index in [-0.39, 0.29) is 30.6 Å². The lowest BCUT2D eigenvalue weighted by atomic mass is 10.1. The van der Waals surface area contributed by atoms with Crippen LogP contribution in [0.5, 0.6) is 0 Å². The van der Waals surface area contributed by atoms with Gasteiger partial charge in [-0.25, -0.2) is 4.39 Å². The van der Waals surface area contributed by atoms with Crippen molar-refractivity contribution in [3.8, 4) is 0 Å². The lowest BCUT2D eigenvalue weighted by Gasteiger charge is -2.14. The molecule has 1 rings (SSSR count). The molecule has 4 heteroatoms. The number of amides is 1. The van der Waals surface area contributed by atoms with Crippen LogP contribution in [0.2, 0.25) is 0 Å². The maximum absolute atomic E-state index is 13.3. The van der Waals surface area contributed by atoms with Gasteiger partial charge in [-0.2, -0.15) is 0 Å². The van der Waals surface area contributed by atoms with E-state index >= 15 is 0 Å². The first-order valence-corrected chi connectivity index (χ1v) is 6.36. The summed E-state index contributed by atoms with van der Waals surface area (Å²) in [7, 11) is 0. The maximum Gasteiger partial charge on any atom is 0.223 e. The number of carbonyl (C=O) groups is 1. The fourth-order valence-electron chi connectivity index (χ4n) is 1.43. The molecule has 1 amide bonds. The molecule has 0 aliphatic heterocycles. The van der Waals surface area contributed by atoms with Crippen LogP contribution in [0.4, 0.5) is 4.39 Å². The second kappa shape index (κ2) is 7.69. The van der Waals surface area contributed by atoms with Gasteiger partial charge < -0.3 is 10.4 Å². The third-order valence-electron chi connectivity index (χ3n) is 2.78. The highest BCUT2D eigenvalue weighted by Crippen LogP contribution is 2.08. The first-order valence-electron chi connectivity index (χ1n) is 6.36. The monoisotopic (exact) mass is 265 g/mol. The van der Waals surface area contributed by atoms with Crippen LogP contribution < -0.4 is 5.32 Å². The quantitative estimate of drug-likeness (QED) is 0.829. The van der Waals surface area contributed by atoms with Crippen LogP contribution in [-0.4, -0.2) is 23.7 Å². The van der Waals surface area contributed by atoms with Gasteiger partial charge in [-0.3, -0.25) is 4.79 Å². The number of rotatable bonds is 6. The zero-order chi connectivity index (χ0) is 14.3. The first-order chi connectivity index (χ1) is 9.00. The van der Waals surface area contributed by atoms with Crippen molar-refractivity contribution in [2.45, 2.75) is 26.4 Å². The minimum Gasteiger partial charge on any atom is -0.391 e. The zero-order valence-corrected chi connectivity index (χ0v) is 11.3. The SMILES string of the molecule is CC(C)C(O)CNC(=O)C/C=C/c1ccccc1F. The summed E-state index contributed by atoms with van der Waals surface area (Å²) in [5, 5.41) is 12.2. The molecule has 0 radical (unpaired) electrons. The Balaban J connectivity index is 2.36. The summed E-state index contributed by atoms with van der Waals surface area (Å²) in [4.78, 5) is 11.5. The fourth-order valence-corrected chi connectivity index (χ4v) is 1.43. The summed E-state index contributed by atoms with van der Waals surface area (Å²) in [6, 6.07) is 6.37. The summed E-state index contributed by atoms with van der Waals surface area (Å²) in [6.07, 6.45) is 2.81. The Bertz CT molecular complexity index is 444. The molecule has 19 heavy (non-hydrogen) atoms. The number of halogens is 1. The lowest BCUT2D eigenvalue weighted by molar-refractivity contribution is -0.120. The third-order valence-corrected chi connectivity index (χ3v) is 2.78. The Kier molecular flexibility index (Phi) is 6.22. The molecule has 2 N–H and O–H groups in total. The predicted molar refractivity (Wildman–Crippen MR) is 73.9 cm³/mol. The van der Waals surface area contributed by atoms with E-state index in [4.69, 9.17) is 0 Å². The summed E-state index contributed by atoms with van der Waals surface area (Å²) in [5.41, 5.74) is 0.456. The molecular formula is C15H20FNO2. The number of carbonyl (C=O) groups excluding carboxylic acids is 1. The highest BCUT2D eigenvalue weighted by molar-refractivity contribution is 5.78. The van der Waals surface area contributed by atoms with Crippen molar-refractivity contribution in [3.05, 3.63) is 41.7 Å².